The number of aryl methyl sites for hydroxylation is 1. The summed E-state index contributed by atoms with van der Waals surface area (Å²) in [6.45, 7) is 6.03. The maximum absolute atomic E-state index is 12.9. The monoisotopic (exact) mass is 429 g/mol. The molecule has 0 spiro atoms. The van der Waals surface area contributed by atoms with E-state index in [4.69, 9.17) is 4.42 Å². The molecule has 0 N–H and O–H groups in total. The average molecular weight is 430 g/mol. The van der Waals surface area contributed by atoms with Gasteiger partial charge in [0.25, 0.3) is 5.56 Å². The zero-order valence-electron chi connectivity index (χ0n) is 16.9. The van der Waals surface area contributed by atoms with Crippen molar-refractivity contribution >= 4 is 28.4 Å². The smallest absolute Gasteiger partial charge is 0.263 e. The van der Waals surface area contributed by atoms with Crippen LogP contribution in [0.25, 0.3) is 28.1 Å². The van der Waals surface area contributed by atoms with Crippen LogP contribution < -0.4 is 5.56 Å². The van der Waals surface area contributed by atoms with Crippen LogP contribution >= 0.6 is 11.8 Å². The molecular weight excluding hydrogens is 410 g/mol. The SMILES string of the molecule is C=CCn1c(=O)c2ccccc2n2c(SCc3nc(-c4ccccc4)oc3C)nnc12. The molecule has 2 aromatic carbocycles. The summed E-state index contributed by atoms with van der Waals surface area (Å²) >= 11 is 1.51. The van der Waals surface area contributed by atoms with Crippen molar-refractivity contribution in [2.24, 2.45) is 0 Å². The predicted molar refractivity (Wildman–Crippen MR) is 121 cm³/mol. The van der Waals surface area contributed by atoms with Crippen LogP contribution in [0.1, 0.15) is 11.5 Å². The molecule has 3 aromatic heterocycles. The van der Waals surface area contributed by atoms with Gasteiger partial charge in [0.15, 0.2) is 5.16 Å². The highest BCUT2D eigenvalue weighted by Gasteiger charge is 2.18. The standard InChI is InChI=1S/C23H19N5O2S/c1-3-13-27-21(29)17-11-7-8-12-19(17)28-22(27)25-26-23(28)31-14-18-15(2)30-20(24-18)16-9-5-4-6-10-16/h3-12H,1,13-14H2,2H3. The molecular formula is C23H19N5O2S. The summed E-state index contributed by atoms with van der Waals surface area (Å²) in [5, 5.41) is 9.96. The molecule has 0 radical (unpaired) electrons. The number of hydrogen-bond acceptors (Lipinski definition) is 6. The Morgan fingerprint density at radius 1 is 1.10 bits per heavy atom. The van der Waals surface area contributed by atoms with Gasteiger partial charge < -0.3 is 4.42 Å². The van der Waals surface area contributed by atoms with Crippen LogP contribution in [-0.2, 0) is 12.3 Å². The minimum absolute atomic E-state index is 0.105. The summed E-state index contributed by atoms with van der Waals surface area (Å²) in [6.07, 6.45) is 1.68. The van der Waals surface area contributed by atoms with Crippen molar-refractivity contribution in [1.29, 1.82) is 0 Å². The minimum atomic E-state index is -0.105. The van der Waals surface area contributed by atoms with Crippen molar-refractivity contribution in [3.05, 3.63) is 89.1 Å². The van der Waals surface area contributed by atoms with Crippen LogP contribution in [0.3, 0.4) is 0 Å². The van der Waals surface area contributed by atoms with Gasteiger partial charge in [0, 0.05) is 17.9 Å². The zero-order valence-corrected chi connectivity index (χ0v) is 17.7. The van der Waals surface area contributed by atoms with E-state index in [1.165, 1.54) is 11.8 Å². The Labute approximate surface area is 182 Å². The Bertz CT molecular complexity index is 1470. The summed E-state index contributed by atoms with van der Waals surface area (Å²) < 4.78 is 9.37. The highest BCUT2D eigenvalue weighted by Crippen LogP contribution is 2.28. The van der Waals surface area contributed by atoms with E-state index in [9.17, 15) is 4.79 Å². The van der Waals surface area contributed by atoms with Crippen molar-refractivity contribution in [3.63, 3.8) is 0 Å². The number of nitrogens with zero attached hydrogens (tertiary/aromatic N) is 5. The molecule has 0 amide bonds. The molecule has 0 aliphatic rings. The summed E-state index contributed by atoms with van der Waals surface area (Å²) in [5.74, 6) is 2.43. The highest BCUT2D eigenvalue weighted by molar-refractivity contribution is 7.98. The Morgan fingerprint density at radius 2 is 1.87 bits per heavy atom. The van der Waals surface area contributed by atoms with Gasteiger partial charge >= 0.3 is 0 Å². The largest absolute Gasteiger partial charge is 0.441 e. The molecule has 3 heterocycles. The topological polar surface area (TPSA) is 78.2 Å². The van der Waals surface area contributed by atoms with Crippen molar-refractivity contribution in [3.8, 4) is 11.5 Å². The van der Waals surface area contributed by atoms with E-state index in [0.29, 0.717) is 34.5 Å². The quantitative estimate of drug-likeness (QED) is 0.292. The number of rotatable bonds is 6. The van der Waals surface area contributed by atoms with E-state index >= 15 is 0 Å². The van der Waals surface area contributed by atoms with Gasteiger partial charge in [-0.25, -0.2) is 4.98 Å². The molecule has 0 fully saturated rings. The van der Waals surface area contributed by atoms with Gasteiger partial charge in [-0.2, -0.15) is 0 Å². The fourth-order valence-corrected chi connectivity index (χ4v) is 4.46. The van der Waals surface area contributed by atoms with Gasteiger partial charge in [-0.05, 0) is 31.2 Å². The maximum Gasteiger partial charge on any atom is 0.263 e. The molecule has 0 saturated heterocycles. The molecule has 0 aliphatic heterocycles. The summed E-state index contributed by atoms with van der Waals surface area (Å²) in [4.78, 5) is 17.6. The number of oxazole rings is 1. The average Bonchev–Trinajstić information content (AvgIpc) is 3.39. The Balaban J connectivity index is 1.55. The van der Waals surface area contributed by atoms with E-state index in [1.54, 1.807) is 10.6 Å². The zero-order chi connectivity index (χ0) is 21.4. The first kappa shape index (κ1) is 19.3. The maximum atomic E-state index is 12.9. The fraction of sp³-hybridized carbons (Fsp3) is 0.130. The van der Waals surface area contributed by atoms with Crippen molar-refractivity contribution in [2.75, 3.05) is 0 Å². The van der Waals surface area contributed by atoms with Crippen LogP contribution in [0.4, 0.5) is 0 Å². The van der Waals surface area contributed by atoms with E-state index in [1.807, 2.05) is 65.9 Å². The Hall–Kier alpha value is -3.65. The number of hydrogen-bond donors (Lipinski definition) is 0. The number of thioether (sulfide) groups is 1. The van der Waals surface area contributed by atoms with Crippen LogP contribution in [-0.4, -0.2) is 24.1 Å². The lowest BCUT2D eigenvalue weighted by Gasteiger charge is -2.09. The molecule has 0 saturated carbocycles. The van der Waals surface area contributed by atoms with Gasteiger partial charge in [-0.1, -0.05) is 48.2 Å². The van der Waals surface area contributed by atoms with Crippen LogP contribution in [0.5, 0.6) is 0 Å². The lowest BCUT2D eigenvalue weighted by molar-refractivity contribution is 0.540. The van der Waals surface area contributed by atoms with Crippen molar-refractivity contribution in [2.45, 2.75) is 24.4 Å². The van der Waals surface area contributed by atoms with Gasteiger partial charge in [-0.3, -0.25) is 13.8 Å². The number of aromatic nitrogens is 5. The van der Waals surface area contributed by atoms with Gasteiger partial charge in [0.05, 0.1) is 16.6 Å². The lowest BCUT2D eigenvalue weighted by atomic mass is 10.2. The number of para-hydroxylation sites is 1. The van der Waals surface area contributed by atoms with Crippen LogP contribution in [0, 0.1) is 6.92 Å². The molecule has 0 aliphatic carbocycles. The molecule has 31 heavy (non-hydrogen) atoms. The van der Waals surface area contributed by atoms with Gasteiger partial charge in [0.1, 0.15) is 5.76 Å². The summed E-state index contributed by atoms with van der Waals surface area (Å²) in [6, 6.07) is 17.3. The molecule has 154 valence electrons. The highest BCUT2D eigenvalue weighted by atomic mass is 32.2. The van der Waals surface area contributed by atoms with Crippen LogP contribution in [0.2, 0.25) is 0 Å². The number of allylic oxidation sites excluding steroid dienone is 1. The third-order valence-corrected chi connectivity index (χ3v) is 5.98. The first-order valence-electron chi connectivity index (χ1n) is 9.79. The normalized spacial score (nSPS) is 11.4. The fourth-order valence-electron chi connectivity index (χ4n) is 3.52. The minimum Gasteiger partial charge on any atom is -0.441 e. The molecule has 0 atom stereocenters. The first-order valence-corrected chi connectivity index (χ1v) is 10.8. The van der Waals surface area contributed by atoms with Crippen molar-refractivity contribution in [1.82, 2.24) is 24.1 Å². The van der Waals surface area contributed by atoms with Crippen molar-refractivity contribution < 1.29 is 4.42 Å². The molecule has 8 heteroatoms. The van der Waals surface area contributed by atoms with E-state index in [2.05, 4.69) is 21.8 Å². The van der Waals surface area contributed by atoms with Gasteiger partial charge in [-0.15, -0.1) is 16.8 Å². The van der Waals surface area contributed by atoms with Crippen LogP contribution in [0.15, 0.2) is 81.6 Å². The lowest BCUT2D eigenvalue weighted by Crippen LogP contribution is -2.22. The molecule has 0 bridgehead atoms. The second kappa shape index (κ2) is 7.88. The van der Waals surface area contributed by atoms with Gasteiger partial charge in [0.2, 0.25) is 11.7 Å². The predicted octanol–water partition coefficient (Wildman–Crippen LogP) is 4.49. The third kappa shape index (κ3) is 3.34. The third-order valence-electron chi connectivity index (χ3n) is 5.04. The van der Waals surface area contributed by atoms with E-state index in [-0.39, 0.29) is 5.56 Å². The summed E-state index contributed by atoms with van der Waals surface area (Å²) in [5.41, 5.74) is 2.46. The molecule has 0 unspecified atom stereocenters. The first-order chi connectivity index (χ1) is 15.2. The molecule has 5 aromatic rings. The molecule has 5 rings (SSSR count). The second-order valence-corrected chi connectivity index (χ2v) is 7.96. The number of fused-ring (bicyclic) bond motifs is 3. The molecule has 7 nitrogen and oxygen atoms in total. The number of benzene rings is 2. The second-order valence-electron chi connectivity index (χ2n) is 7.02. The van der Waals surface area contributed by atoms with E-state index in [0.717, 1.165) is 22.5 Å². The Kier molecular flexibility index (Phi) is 4.91. The van der Waals surface area contributed by atoms with E-state index < -0.39 is 0 Å². The Morgan fingerprint density at radius 3 is 2.68 bits per heavy atom. The summed E-state index contributed by atoms with van der Waals surface area (Å²) in [7, 11) is 0.